The monoisotopic (exact) mass is 297 g/mol. The Morgan fingerprint density at radius 3 is 2.24 bits per heavy atom. The topological polar surface area (TPSA) is 79.5 Å². The van der Waals surface area contributed by atoms with E-state index in [4.69, 9.17) is 4.74 Å². The van der Waals surface area contributed by atoms with Crippen LogP contribution in [0, 0.1) is 0 Å². The fourth-order valence-corrected chi connectivity index (χ4v) is 2.52. The van der Waals surface area contributed by atoms with Crippen molar-refractivity contribution in [3.63, 3.8) is 0 Å². The number of carbonyl (C=O) groups excluding carboxylic acids is 2. The average Bonchev–Trinajstić information content (AvgIpc) is 3.03. The number of carbonyl (C=O) groups is 2. The van der Waals surface area contributed by atoms with Gasteiger partial charge in [-0.25, -0.2) is 4.79 Å². The van der Waals surface area contributed by atoms with Crippen molar-refractivity contribution in [2.24, 2.45) is 0 Å². The van der Waals surface area contributed by atoms with E-state index >= 15 is 0 Å². The molecule has 2 amide bonds. The Kier molecular flexibility index (Phi) is 5.08. The summed E-state index contributed by atoms with van der Waals surface area (Å²) >= 11 is 0. The maximum atomic E-state index is 11.7. The Morgan fingerprint density at radius 1 is 1.00 bits per heavy atom. The van der Waals surface area contributed by atoms with Gasteiger partial charge in [-0.2, -0.15) is 0 Å². The van der Waals surface area contributed by atoms with Gasteiger partial charge in [-0.1, -0.05) is 0 Å². The molecule has 0 aromatic rings. The van der Waals surface area contributed by atoms with Gasteiger partial charge in [-0.05, 0) is 52.9 Å². The highest BCUT2D eigenvalue weighted by atomic mass is 16.6. The quantitative estimate of drug-likeness (QED) is 0.714. The summed E-state index contributed by atoms with van der Waals surface area (Å²) in [6, 6.07) is 0.822. The molecule has 0 spiro atoms. The van der Waals surface area contributed by atoms with Crippen LogP contribution in [0.5, 0.6) is 0 Å². The number of rotatable bonds is 5. The van der Waals surface area contributed by atoms with E-state index in [-0.39, 0.29) is 24.1 Å². The SMILES string of the molecule is CC(C)(C)OC(=O)NC1CCC(NCC(=O)NC2CC2)C1. The molecule has 2 atom stereocenters. The molecule has 2 unspecified atom stereocenters. The highest BCUT2D eigenvalue weighted by Crippen LogP contribution is 2.20. The minimum Gasteiger partial charge on any atom is -0.444 e. The molecule has 21 heavy (non-hydrogen) atoms. The first-order valence-corrected chi connectivity index (χ1v) is 7.84. The molecule has 0 aromatic heterocycles. The molecule has 2 fully saturated rings. The predicted octanol–water partition coefficient (Wildman–Crippen LogP) is 1.30. The normalized spacial score (nSPS) is 25.5. The summed E-state index contributed by atoms with van der Waals surface area (Å²) < 4.78 is 5.25. The van der Waals surface area contributed by atoms with Crippen LogP contribution in [0.25, 0.3) is 0 Å². The number of nitrogens with one attached hydrogen (secondary N) is 3. The molecule has 0 saturated heterocycles. The van der Waals surface area contributed by atoms with Gasteiger partial charge in [-0.3, -0.25) is 4.79 Å². The van der Waals surface area contributed by atoms with E-state index in [2.05, 4.69) is 16.0 Å². The number of amides is 2. The van der Waals surface area contributed by atoms with E-state index in [1.165, 1.54) is 0 Å². The third kappa shape index (κ3) is 6.33. The Morgan fingerprint density at radius 2 is 1.62 bits per heavy atom. The first-order valence-electron chi connectivity index (χ1n) is 7.84. The molecule has 0 bridgehead atoms. The summed E-state index contributed by atoms with van der Waals surface area (Å²) in [6.07, 6.45) is 4.59. The Hall–Kier alpha value is -1.30. The van der Waals surface area contributed by atoms with Crippen LogP contribution in [0.4, 0.5) is 4.79 Å². The lowest BCUT2D eigenvalue weighted by Gasteiger charge is -2.21. The fraction of sp³-hybridized carbons (Fsp3) is 0.867. The second-order valence-electron chi connectivity index (χ2n) is 7.08. The fourth-order valence-electron chi connectivity index (χ4n) is 2.52. The van der Waals surface area contributed by atoms with Crippen molar-refractivity contribution in [3.05, 3.63) is 0 Å². The lowest BCUT2D eigenvalue weighted by Crippen LogP contribution is -2.41. The zero-order valence-electron chi connectivity index (χ0n) is 13.2. The lowest BCUT2D eigenvalue weighted by molar-refractivity contribution is -0.120. The highest BCUT2D eigenvalue weighted by molar-refractivity contribution is 5.78. The van der Waals surface area contributed by atoms with Gasteiger partial charge in [0.25, 0.3) is 0 Å². The van der Waals surface area contributed by atoms with Crippen LogP contribution < -0.4 is 16.0 Å². The summed E-state index contributed by atoms with van der Waals surface area (Å²) in [7, 11) is 0. The zero-order chi connectivity index (χ0) is 15.5. The summed E-state index contributed by atoms with van der Waals surface area (Å²) in [5.41, 5.74) is -0.471. The van der Waals surface area contributed by atoms with Gasteiger partial charge >= 0.3 is 6.09 Å². The molecule has 2 aliphatic carbocycles. The maximum absolute atomic E-state index is 11.7. The Labute approximate surface area is 126 Å². The molecule has 6 nitrogen and oxygen atoms in total. The molecular formula is C15H27N3O3. The van der Waals surface area contributed by atoms with Crippen molar-refractivity contribution in [2.75, 3.05) is 6.54 Å². The van der Waals surface area contributed by atoms with E-state index in [1.54, 1.807) is 0 Å². The number of hydrogen-bond acceptors (Lipinski definition) is 4. The molecule has 2 rings (SSSR count). The molecule has 120 valence electrons. The maximum Gasteiger partial charge on any atom is 0.407 e. The molecule has 2 aliphatic rings. The van der Waals surface area contributed by atoms with Gasteiger partial charge in [0.2, 0.25) is 5.91 Å². The second kappa shape index (κ2) is 6.64. The standard InChI is InChI=1S/C15H27N3O3/c1-15(2,3)21-14(20)18-12-7-6-11(8-12)16-9-13(19)17-10-4-5-10/h10-12,16H,4-9H2,1-3H3,(H,17,19)(H,18,20). The summed E-state index contributed by atoms with van der Waals surface area (Å²) in [6.45, 7) is 5.92. The van der Waals surface area contributed by atoms with Crippen molar-refractivity contribution >= 4 is 12.0 Å². The molecule has 3 N–H and O–H groups in total. The number of hydrogen-bond donors (Lipinski definition) is 3. The molecule has 6 heteroatoms. The van der Waals surface area contributed by atoms with E-state index in [9.17, 15) is 9.59 Å². The predicted molar refractivity (Wildman–Crippen MR) is 80.0 cm³/mol. The van der Waals surface area contributed by atoms with Crippen molar-refractivity contribution in [1.29, 1.82) is 0 Å². The first-order chi connectivity index (χ1) is 9.82. The van der Waals surface area contributed by atoms with Crippen LogP contribution in [-0.2, 0) is 9.53 Å². The molecule has 0 aliphatic heterocycles. The van der Waals surface area contributed by atoms with E-state index in [0.717, 1.165) is 32.1 Å². The Balaban J connectivity index is 1.61. The molecule has 2 saturated carbocycles. The van der Waals surface area contributed by atoms with Crippen LogP contribution >= 0.6 is 0 Å². The van der Waals surface area contributed by atoms with Gasteiger partial charge in [0.15, 0.2) is 0 Å². The van der Waals surface area contributed by atoms with Crippen LogP contribution in [0.2, 0.25) is 0 Å². The van der Waals surface area contributed by atoms with Gasteiger partial charge in [0.05, 0.1) is 6.54 Å². The van der Waals surface area contributed by atoms with Crippen LogP contribution in [0.3, 0.4) is 0 Å². The molecule has 0 radical (unpaired) electrons. The lowest BCUT2D eigenvalue weighted by atomic mass is 10.2. The summed E-state index contributed by atoms with van der Waals surface area (Å²) in [5, 5.41) is 9.11. The third-order valence-electron chi connectivity index (χ3n) is 3.65. The van der Waals surface area contributed by atoms with Crippen molar-refractivity contribution < 1.29 is 14.3 Å². The average molecular weight is 297 g/mol. The van der Waals surface area contributed by atoms with Gasteiger partial charge in [0, 0.05) is 18.1 Å². The number of alkyl carbamates (subject to hydrolysis) is 1. The minimum atomic E-state index is -0.471. The Bertz CT molecular complexity index is 388. The smallest absolute Gasteiger partial charge is 0.407 e. The van der Waals surface area contributed by atoms with Gasteiger partial charge in [0.1, 0.15) is 5.60 Å². The molecule has 0 aromatic carbocycles. The van der Waals surface area contributed by atoms with Gasteiger partial charge < -0.3 is 20.7 Å². The third-order valence-corrected chi connectivity index (χ3v) is 3.65. The van der Waals surface area contributed by atoms with Crippen molar-refractivity contribution in [3.8, 4) is 0 Å². The summed E-state index contributed by atoms with van der Waals surface area (Å²) in [5.74, 6) is 0.0704. The van der Waals surface area contributed by atoms with Crippen LogP contribution in [-0.4, -0.2) is 42.3 Å². The van der Waals surface area contributed by atoms with E-state index < -0.39 is 5.60 Å². The van der Waals surface area contributed by atoms with E-state index in [1.807, 2.05) is 20.8 Å². The van der Waals surface area contributed by atoms with Crippen molar-refractivity contribution in [2.45, 2.75) is 76.6 Å². The van der Waals surface area contributed by atoms with Crippen LogP contribution in [0.15, 0.2) is 0 Å². The second-order valence-corrected chi connectivity index (χ2v) is 7.08. The van der Waals surface area contributed by atoms with Crippen LogP contribution in [0.1, 0.15) is 52.9 Å². The first kappa shape index (κ1) is 16.1. The van der Waals surface area contributed by atoms with E-state index in [0.29, 0.717) is 12.6 Å². The van der Waals surface area contributed by atoms with Gasteiger partial charge in [-0.15, -0.1) is 0 Å². The number of ether oxygens (including phenoxy) is 1. The minimum absolute atomic E-state index is 0.0704. The van der Waals surface area contributed by atoms with Crippen molar-refractivity contribution in [1.82, 2.24) is 16.0 Å². The largest absolute Gasteiger partial charge is 0.444 e. The molecular weight excluding hydrogens is 270 g/mol. The highest BCUT2D eigenvalue weighted by Gasteiger charge is 2.28. The molecule has 0 heterocycles. The summed E-state index contributed by atoms with van der Waals surface area (Å²) in [4.78, 5) is 23.3. The zero-order valence-corrected chi connectivity index (χ0v) is 13.2.